The van der Waals surface area contributed by atoms with Crippen LogP contribution < -0.4 is 5.32 Å². The normalized spacial score (nSPS) is 14.9. The summed E-state index contributed by atoms with van der Waals surface area (Å²) in [5.41, 5.74) is 0.471. The van der Waals surface area contributed by atoms with E-state index in [2.05, 4.69) is 11.9 Å². The first kappa shape index (κ1) is 18.2. The number of carbonyl (C=O) groups excluding carboxylic acids is 2. The molecule has 8 heteroatoms. The van der Waals surface area contributed by atoms with Crippen LogP contribution in [0.25, 0.3) is 0 Å². The summed E-state index contributed by atoms with van der Waals surface area (Å²) in [4.78, 5) is 23.3. The van der Waals surface area contributed by atoms with Gasteiger partial charge in [0.05, 0.1) is 4.90 Å². The molecule has 1 aromatic rings. The number of benzene rings is 1. The Morgan fingerprint density at radius 2 is 2.04 bits per heavy atom. The van der Waals surface area contributed by atoms with Crippen molar-refractivity contribution in [3.63, 3.8) is 0 Å². The van der Waals surface area contributed by atoms with Crippen molar-refractivity contribution in [2.24, 2.45) is 0 Å². The second kappa shape index (κ2) is 7.59. The Morgan fingerprint density at radius 1 is 1.38 bits per heavy atom. The van der Waals surface area contributed by atoms with Gasteiger partial charge in [-0.2, -0.15) is 0 Å². The molecule has 1 fully saturated rings. The molecule has 0 aliphatic carbocycles. The minimum atomic E-state index is -3.82. The summed E-state index contributed by atoms with van der Waals surface area (Å²) < 4.78 is 26.9. The summed E-state index contributed by atoms with van der Waals surface area (Å²) in [7, 11) is -3.82. The zero-order valence-corrected chi connectivity index (χ0v) is 14.4. The molecule has 1 aromatic carbocycles. The van der Waals surface area contributed by atoms with Gasteiger partial charge in [0.2, 0.25) is 11.8 Å². The molecule has 0 saturated carbocycles. The van der Waals surface area contributed by atoms with E-state index in [1.54, 1.807) is 0 Å². The SMILES string of the molecule is C=CC(=O)Nc1ccc(S(=O)(=O)N(CCC)N2CCCC2=O)cc1. The standard InChI is InChI=1S/C16H21N3O4S/c1-3-11-19(18-12-5-6-16(18)21)24(22,23)14-9-7-13(8-10-14)17-15(20)4-2/h4,7-10H,2-3,5-6,11-12H2,1H3,(H,17,20). The molecule has 0 bridgehead atoms. The van der Waals surface area contributed by atoms with Crippen LogP contribution in [0.1, 0.15) is 26.2 Å². The first-order valence-electron chi connectivity index (χ1n) is 7.76. The highest BCUT2D eigenvalue weighted by Gasteiger charge is 2.34. The molecule has 1 saturated heterocycles. The Morgan fingerprint density at radius 3 is 2.54 bits per heavy atom. The van der Waals surface area contributed by atoms with Gasteiger partial charge >= 0.3 is 0 Å². The Bertz CT molecular complexity index is 728. The van der Waals surface area contributed by atoms with Crippen molar-refractivity contribution in [1.29, 1.82) is 0 Å². The van der Waals surface area contributed by atoms with Crippen molar-refractivity contribution in [2.45, 2.75) is 31.1 Å². The maximum atomic E-state index is 12.9. The number of hydrogen-bond donors (Lipinski definition) is 1. The Labute approximate surface area is 142 Å². The van der Waals surface area contributed by atoms with Crippen molar-refractivity contribution in [2.75, 3.05) is 18.4 Å². The van der Waals surface area contributed by atoms with Crippen LogP contribution in [-0.2, 0) is 19.6 Å². The van der Waals surface area contributed by atoms with Crippen molar-refractivity contribution >= 4 is 27.5 Å². The minimum Gasteiger partial charge on any atom is -0.323 e. The van der Waals surface area contributed by atoms with Gasteiger partial charge in [-0.3, -0.25) is 14.6 Å². The topological polar surface area (TPSA) is 86.8 Å². The molecule has 1 aliphatic heterocycles. The van der Waals surface area contributed by atoms with E-state index in [0.29, 0.717) is 31.5 Å². The van der Waals surface area contributed by atoms with Crippen molar-refractivity contribution in [1.82, 2.24) is 9.42 Å². The molecule has 0 unspecified atom stereocenters. The first-order valence-corrected chi connectivity index (χ1v) is 9.20. The summed E-state index contributed by atoms with van der Waals surface area (Å²) >= 11 is 0. The monoisotopic (exact) mass is 351 g/mol. The molecule has 2 rings (SSSR count). The lowest BCUT2D eigenvalue weighted by molar-refractivity contribution is -0.136. The van der Waals surface area contributed by atoms with Crippen LogP contribution in [0.4, 0.5) is 5.69 Å². The van der Waals surface area contributed by atoms with Crippen LogP contribution in [0.5, 0.6) is 0 Å². The van der Waals surface area contributed by atoms with E-state index in [1.165, 1.54) is 29.3 Å². The molecule has 0 radical (unpaired) electrons. The van der Waals surface area contributed by atoms with E-state index in [-0.39, 0.29) is 23.3 Å². The van der Waals surface area contributed by atoms with E-state index in [1.807, 2.05) is 6.92 Å². The van der Waals surface area contributed by atoms with Crippen molar-refractivity contribution < 1.29 is 18.0 Å². The lowest BCUT2D eigenvalue weighted by atomic mass is 10.3. The lowest BCUT2D eigenvalue weighted by Gasteiger charge is -2.30. The summed E-state index contributed by atoms with van der Waals surface area (Å²) in [6.45, 7) is 5.86. The predicted octanol–water partition coefficient (Wildman–Crippen LogP) is 1.75. The quantitative estimate of drug-likeness (QED) is 0.758. The number of hydrogen-bond acceptors (Lipinski definition) is 4. The number of hydrazine groups is 1. The molecule has 0 atom stereocenters. The number of sulfonamides is 1. The summed E-state index contributed by atoms with van der Waals surface area (Å²) in [5, 5.41) is 3.87. The second-order valence-electron chi connectivity index (χ2n) is 5.39. The molecule has 1 aliphatic rings. The van der Waals surface area contributed by atoms with E-state index >= 15 is 0 Å². The fraction of sp³-hybridized carbons (Fsp3) is 0.375. The maximum Gasteiger partial charge on any atom is 0.260 e. The number of amides is 2. The fourth-order valence-electron chi connectivity index (χ4n) is 2.46. The van der Waals surface area contributed by atoms with Crippen LogP contribution in [0.2, 0.25) is 0 Å². The Kier molecular flexibility index (Phi) is 5.74. The van der Waals surface area contributed by atoms with Gasteiger partial charge in [-0.1, -0.05) is 13.5 Å². The third-order valence-electron chi connectivity index (χ3n) is 3.62. The number of nitrogens with zero attached hydrogens (tertiary/aromatic N) is 2. The third kappa shape index (κ3) is 3.82. The van der Waals surface area contributed by atoms with Crippen molar-refractivity contribution in [3.05, 3.63) is 36.9 Å². The predicted molar refractivity (Wildman–Crippen MR) is 90.4 cm³/mol. The molecular weight excluding hydrogens is 330 g/mol. The van der Waals surface area contributed by atoms with Crippen LogP contribution in [0.3, 0.4) is 0 Å². The smallest absolute Gasteiger partial charge is 0.260 e. The van der Waals surface area contributed by atoms with E-state index < -0.39 is 10.0 Å². The van der Waals surface area contributed by atoms with E-state index in [9.17, 15) is 18.0 Å². The van der Waals surface area contributed by atoms with Crippen LogP contribution >= 0.6 is 0 Å². The van der Waals surface area contributed by atoms with Crippen LogP contribution in [0.15, 0.2) is 41.8 Å². The Hall–Kier alpha value is -2.19. The van der Waals surface area contributed by atoms with E-state index in [0.717, 1.165) is 10.5 Å². The minimum absolute atomic E-state index is 0.0762. The summed E-state index contributed by atoms with van der Waals surface area (Å²) in [5.74, 6) is -0.553. The average molecular weight is 351 g/mol. The van der Waals surface area contributed by atoms with Gasteiger partial charge in [0, 0.05) is 25.2 Å². The van der Waals surface area contributed by atoms with Gasteiger partial charge in [0.15, 0.2) is 0 Å². The average Bonchev–Trinajstić information content (AvgIpc) is 2.98. The molecule has 0 aromatic heterocycles. The molecule has 130 valence electrons. The maximum absolute atomic E-state index is 12.9. The molecule has 2 amide bonds. The van der Waals surface area contributed by atoms with Crippen LogP contribution in [0, 0.1) is 0 Å². The van der Waals surface area contributed by atoms with Crippen molar-refractivity contribution in [3.8, 4) is 0 Å². The molecule has 1 N–H and O–H groups in total. The molecular formula is C16H21N3O4S. The fourth-order valence-corrected chi connectivity index (χ4v) is 4.04. The van der Waals surface area contributed by atoms with Gasteiger partial charge in [-0.15, -0.1) is 4.41 Å². The number of rotatable bonds is 7. The van der Waals surface area contributed by atoms with Gasteiger partial charge in [0.25, 0.3) is 10.0 Å². The highest BCUT2D eigenvalue weighted by atomic mass is 32.2. The number of nitrogens with one attached hydrogen (secondary N) is 1. The van der Waals surface area contributed by atoms with E-state index in [4.69, 9.17) is 0 Å². The molecule has 7 nitrogen and oxygen atoms in total. The lowest BCUT2D eigenvalue weighted by Crippen LogP contribution is -2.47. The van der Waals surface area contributed by atoms with Crippen LogP contribution in [-0.4, -0.2) is 42.7 Å². The number of anilines is 1. The zero-order valence-electron chi connectivity index (χ0n) is 13.6. The van der Waals surface area contributed by atoms with Gasteiger partial charge in [0.1, 0.15) is 0 Å². The summed E-state index contributed by atoms with van der Waals surface area (Å²) in [6, 6.07) is 5.84. The van der Waals surface area contributed by atoms with Gasteiger partial charge in [-0.25, -0.2) is 8.42 Å². The Balaban J connectivity index is 2.27. The zero-order chi connectivity index (χ0) is 17.7. The van der Waals surface area contributed by atoms with Gasteiger partial charge in [-0.05, 0) is 43.2 Å². The summed E-state index contributed by atoms with van der Waals surface area (Å²) in [6.07, 6.45) is 2.74. The second-order valence-corrected chi connectivity index (χ2v) is 7.23. The number of carbonyl (C=O) groups is 2. The molecule has 1 heterocycles. The largest absolute Gasteiger partial charge is 0.323 e. The van der Waals surface area contributed by atoms with Gasteiger partial charge < -0.3 is 5.32 Å². The molecule has 0 spiro atoms. The highest BCUT2D eigenvalue weighted by molar-refractivity contribution is 7.89. The third-order valence-corrected chi connectivity index (χ3v) is 5.42. The first-order chi connectivity index (χ1) is 11.4. The highest BCUT2D eigenvalue weighted by Crippen LogP contribution is 2.23. The molecule has 24 heavy (non-hydrogen) atoms.